The van der Waals surface area contributed by atoms with E-state index in [4.69, 9.17) is 5.26 Å². The smallest absolute Gasteiger partial charge is 0.0991 e. The summed E-state index contributed by atoms with van der Waals surface area (Å²) in [7, 11) is 0. The highest BCUT2D eigenvalue weighted by molar-refractivity contribution is 5.36. The van der Waals surface area contributed by atoms with Gasteiger partial charge < -0.3 is 5.32 Å². The van der Waals surface area contributed by atoms with Gasteiger partial charge in [-0.2, -0.15) is 5.26 Å². The second-order valence-electron chi connectivity index (χ2n) is 3.05. The summed E-state index contributed by atoms with van der Waals surface area (Å²) in [5.74, 6) is 0. The molecule has 0 fully saturated rings. The van der Waals surface area contributed by atoms with Crippen molar-refractivity contribution in [2.24, 2.45) is 0 Å². The highest BCUT2D eigenvalue weighted by Gasteiger charge is 2.10. The van der Waals surface area contributed by atoms with E-state index in [0.29, 0.717) is 0 Å². The molecule has 2 rings (SSSR count). The quantitative estimate of drug-likeness (QED) is 0.652. The van der Waals surface area contributed by atoms with Crippen LogP contribution in [0.3, 0.4) is 0 Å². The Kier molecular flexibility index (Phi) is 2.11. The summed E-state index contributed by atoms with van der Waals surface area (Å²) in [6, 6.07) is 10.1. The molecule has 0 aliphatic carbocycles. The van der Waals surface area contributed by atoms with Gasteiger partial charge in [0.15, 0.2) is 0 Å². The minimum absolute atomic E-state index is 0.285. The van der Waals surface area contributed by atoms with Crippen molar-refractivity contribution in [1.29, 1.82) is 5.26 Å². The zero-order valence-electron chi connectivity index (χ0n) is 7.20. The van der Waals surface area contributed by atoms with E-state index in [-0.39, 0.29) is 6.04 Å². The molecular formula is C11H10N2. The van der Waals surface area contributed by atoms with Crippen LogP contribution in [-0.2, 0) is 0 Å². The lowest BCUT2D eigenvalue weighted by Crippen LogP contribution is -2.13. The maximum Gasteiger partial charge on any atom is 0.0991 e. The molecule has 0 radical (unpaired) electrons. The van der Waals surface area contributed by atoms with Gasteiger partial charge in [-0.05, 0) is 17.7 Å². The lowest BCUT2D eigenvalue weighted by molar-refractivity contribution is 0.713. The Hall–Kier alpha value is -1.59. The van der Waals surface area contributed by atoms with Crippen molar-refractivity contribution in [2.45, 2.75) is 6.04 Å². The molecule has 0 aromatic heterocycles. The fourth-order valence-electron chi connectivity index (χ4n) is 1.50. The predicted molar refractivity (Wildman–Crippen MR) is 51.0 cm³/mol. The lowest BCUT2D eigenvalue weighted by atomic mass is 10.1. The molecule has 1 aromatic carbocycles. The van der Waals surface area contributed by atoms with E-state index in [2.05, 4.69) is 23.5 Å². The average Bonchev–Trinajstić information content (AvgIpc) is 2.71. The Morgan fingerprint density at radius 3 is 3.08 bits per heavy atom. The molecule has 0 saturated carbocycles. The summed E-state index contributed by atoms with van der Waals surface area (Å²) >= 11 is 0. The Morgan fingerprint density at radius 1 is 1.46 bits per heavy atom. The number of nitriles is 1. The van der Waals surface area contributed by atoms with E-state index in [1.54, 1.807) is 0 Å². The molecule has 13 heavy (non-hydrogen) atoms. The highest BCUT2D eigenvalue weighted by atomic mass is 14.9. The van der Waals surface area contributed by atoms with Crippen LogP contribution >= 0.6 is 0 Å². The van der Waals surface area contributed by atoms with Crippen molar-refractivity contribution in [3.8, 4) is 6.07 Å². The molecule has 0 bridgehead atoms. The van der Waals surface area contributed by atoms with Gasteiger partial charge in [0, 0.05) is 6.54 Å². The number of hydrogen-bond donors (Lipinski definition) is 1. The largest absolute Gasteiger partial charge is 0.303 e. The van der Waals surface area contributed by atoms with Crippen LogP contribution in [0.5, 0.6) is 0 Å². The molecule has 2 nitrogen and oxygen atoms in total. The molecule has 0 spiro atoms. The first-order valence-corrected chi connectivity index (χ1v) is 4.30. The van der Waals surface area contributed by atoms with E-state index < -0.39 is 0 Å². The molecule has 1 aromatic rings. The molecular weight excluding hydrogens is 160 g/mol. The van der Waals surface area contributed by atoms with Crippen LogP contribution < -0.4 is 5.32 Å². The maximum atomic E-state index is 8.72. The molecule has 64 valence electrons. The molecule has 1 unspecified atom stereocenters. The first kappa shape index (κ1) is 8.03. The monoisotopic (exact) mass is 170 g/mol. The fourth-order valence-corrected chi connectivity index (χ4v) is 1.50. The van der Waals surface area contributed by atoms with Crippen LogP contribution in [0.1, 0.15) is 17.2 Å². The van der Waals surface area contributed by atoms with Crippen LogP contribution in [0.25, 0.3) is 0 Å². The SMILES string of the molecule is N#Cc1cccc(C2C=CCN2)c1. The Morgan fingerprint density at radius 2 is 2.38 bits per heavy atom. The van der Waals surface area contributed by atoms with Gasteiger partial charge in [0.1, 0.15) is 0 Å². The summed E-state index contributed by atoms with van der Waals surface area (Å²) in [5, 5.41) is 12.0. The van der Waals surface area contributed by atoms with Gasteiger partial charge >= 0.3 is 0 Å². The minimum atomic E-state index is 0.285. The Bertz CT molecular complexity index is 374. The first-order valence-electron chi connectivity index (χ1n) is 4.30. The molecule has 0 amide bonds. The Balaban J connectivity index is 2.30. The van der Waals surface area contributed by atoms with Crippen LogP contribution in [-0.4, -0.2) is 6.54 Å². The number of benzene rings is 1. The molecule has 1 N–H and O–H groups in total. The first-order chi connectivity index (χ1) is 6.40. The summed E-state index contributed by atoms with van der Waals surface area (Å²) in [6.45, 7) is 0.918. The third kappa shape index (κ3) is 1.61. The third-order valence-corrected chi connectivity index (χ3v) is 2.16. The molecule has 1 aliphatic heterocycles. The topological polar surface area (TPSA) is 35.8 Å². The van der Waals surface area contributed by atoms with Crippen molar-refractivity contribution in [1.82, 2.24) is 5.32 Å². The van der Waals surface area contributed by atoms with Crippen LogP contribution in [0.15, 0.2) is 36.4 Å². The van der Waals surface area contributed by atoms with Crippen LogP contribution in [0, 0.1) is 11.3 Å². The number of rotatable bonds is 1. The lowest BCUT2D eigenvalue weighted by Gasteiger charge is -2.08. The average molecular weight is 170 g/mol. The number of hydrogen-bond acceptors (Lipinski definition) is 2. The number of nitrogens with one attached hydrogen (secondary N) is 1. The van der Waals surface area contributed by atoms with Crippen molar-refractivity contribution in [3.05, 3.63) is 47.5 Å². The molecule has 1 heterocycles. The zero-order valence-corrected chi connectivity index (χ0v) is 7.20. The Labute approximate surface area is 77.5 Å². The van der Waals surface area contributed by atoms with Crippen molar-refractivity contribution < 1.29 is 0 Å². The third-order valence-electron chi connectivity index (χ3n) is 2.16. The van der Waals surface area contributed by atoms with Gasteiger partial charge in [-0.1, -0.05) is 24.3 Å². The van der Waals surface area contributed by atoms with E-state index in [1.807, 2.05) is 24.3 Å². The van der Waals surface area contributed by atoms with Gasteiger partial charge in [-0.25, -0.2) is 0 Å². The van der Waals surface area contributed by atoms with Crippen molar-refractivity contribution in [3.63, 3.8) is 0 Å². The van der Waals surface area contributed by atoms with E-state index in [1.165, 1.54) is 0 Å². The summed E-state index contributed by atoms with van der Waals surface area (Å²) in [4.78, 5) is 0. The normalized spacial score (nSPS) is 20.1. The fraction of sp³-hybridized carbons (Fsp3) is 0.182. The number of nitrogens with zero attached hydrogens (tertiary/aromatic N) is 1. The van der Waals surface area contributed by atoms with Gasteiger partial charge in [0.2, 0.25) is 0 Å². The minimum Gasteiger partial charge on any atom is -0.303 e. The van der Waals surface area contributed by atoms with E-state index in [0.717, 1.165) is 17.7 Å². The second kappa shape index (κ2) is 3.42. The predicted octanol–water partition coefficient (Wildman–Crippen LogP) is 1.76. The maximum absolute atomic E-state index is 8.72. The van der Waals surface area contributed by atoms with Gasteiger partial charge in [-0.15, -0.1) is 0 Å². The van der Waals surface area contributed by atoms with Gasteiger partial charge in [-0.3, -0.25) is 0 Å². The standard InChI is InChI=1S/C11H10N2/c12-8-9-3-1-4-10(7-9)11-5-2-6-13-11/h1-5,7,11,13H,6H2. The van der Waals surface area contributed by atoms with Gasteiger partial charge in [0.05, 0.1) is 17.7 Å². The summed E-state index contributed by atoms with van der Waals surface area (Å²) in [5.41, 5.74) is 1.88. The highest BCUT2D eigenvalue weighted by Crippen LogP contribution is 2.18. The molecule has 1 atom stereocenters. The van der Waals surface area contributed by atoms with Crippen LogP contribution in [0.4, 0.5) is 0 Å². The summed E-state index contributed by atoms with van der Waals surface area (Å²) < 4.78 is 0. The van der Waals surface area contributed by atoms with E-state index >= 15 is 0 Å². The van der Waals surface area contributed by atoms with Crippen molar-refractivity contribution >= 4 is 0 Å². The molecule has 2 heteroatoms. The second-order valence-corrected chi connectivity index (χ2v) is 3.05. The van der Waals surface area contributed by atoms with Crippen molar-refractivity contribution in [2.75, 3.05) is 6.54 Å². The zero-order chi connectivity index (χ0) is 9.10. The summed E-state index contributed by atoms with van der Waals surface area (Å²) in [6.07, 6.45) is 4.22. The van der Waals surface area contributed by atoms with E-state index in [9.17, 15) is 0 Å². The van der Waals surface area contributed by atoms with Crippen LogP contribution in [0.2, 0.25) is 0 Å². The molecule has 0 saturated heterocycles. The van der Waals surface area contributed by atoms with Gasteiger partial charge in [0.25, 0.3) is 0 Å². The molecule has 1 aliphatic rings.